The van der Waals surface area contributed by atoms with Crippen LogP contribution in [-0.4, -0.2) is 49.6 Å². The van der Waals surface area contributed by atoms with E-state index in [9.17, 15) is 4.79 Å². The minimum absolute atomic E-state index is 0. The maximum absolute atomic E-state index is 12.1. The van der Waals surface area contributed by atoms with E-state index in [1.807, 2.05) is 0 Å². The number of carbonyl (C=O) groups is 1. The highest BCUT2D eigenvalue weighted by molar-refractivity contribution is 5.85. The van der Waals surface area contributed by atoms with Crippen molar-refractivity contribution >= 4 is 24.0 Å². The Morgan fingerprint density at radius 1 is 0.967 bits per heavy atom. The number of benzene rings is 1. The number of carbonyl (C=O) groups excluding carboxylic acids is 1. The number of para-hydroxylation sites is 1. The second kappa shape index (κ2) is 9.91. The first kappa shape index (κ1) is 23.4. The van der Waals surface area contributed by atoms with Crippen molar-refractivity contribution in [1.29, 1.82) is 0 Å². The Morgan fingerprint density at radius 2 is 1.60 bits per heavy atom. The van der Waals surface area contributed by atoms with Crippen LogP contribution < -0.4 is 10.2 Å². The second-order valence-electron chi connectivity index (χ2n) is 10.6. The van der Waals surface area contributed by atoms with E-state index in [2.05, 4.69) is 60.2 Å². The van der Waals surface area contributed by atoms with Gasteiger partial charge in [-0.3, -0.25) is 9.69 Å². The smallest absolute Gasteiger partial charge is 0.234 e. The van der Waals surface area contributed by atoms with Crippen LogP contribution in [0.5, 0.6) is 0 Å². The quantitative estimate of drug-likeness (QED) is 0.722. The van der Waals surface area contributed by atoms with Gasteiger partial charge in [-0.1, -0.05) is 39.0 Å². The summed E-state index contributed by atoms with van der Waals surface area (Å²) in [7, 11) is 0. The minimum Gasteiger partial charge on any atom is -0.369 e. The van der Waals surface area contributed by atoms with Crippen molar-refractivity contribution in [2.24, 2.45) is 11.3 Å². The first-order valence-corrected chi connectivity index (χ1v) is 11.8. The summed E-state index contributed by atoms with van der Waals surface area (Å²) in [6.45, 7) is 11.7. The highest BCUT2D eigenvalue weighted by atomic mass is 35.5. The standard InChI is InChI=1S/C25H39N3O.ClH/c1-25(2,3)20-10-8-19(9-11-20)22-6-4-5-7-23(22)28-16-14-27(15-17-28)18-24(29)26-21-12-13-21;/h4-7,19-21H,8-18H2,1-3H3,(H,26,29);1H. The van der Waals surface area contributed by atoms with E-state index in [1.54, 1.807) is 5.56 Å². The molecule has 0 aromatic heterocycles. The topological polar surface area (TPSA) is 35.6 Å². The summed E-state index contributed by atoms with van der Waals surface area (Å²) >= 11 is 0. The number of amides is 1. The molecule has 4 nitrogen and oxygen atoms in total. The molecule has 0 radical (unpaired) electrons. The molecule has 1 saturated heterocycles. The number of nitrogens with zero attached hydrogens (tertiary/aromatic N) is 2. The van der Waals surface area contributed by atoms with E-state index in [0.29, 0.717) is 23.9 Å². The number of nitrogens with one attached hydrogen (secondary N) is 1. The molecule has 5 heteroatoms. The van der Waals surface area contributed by atoms with E-state index < -0.39 is 0 Å². The molecule has 0 unspecified atom stereocenters. The van der Waals surface area contributed by atoms with Crippen LogP contribution in [-0.2, 0) is 4.79 Å². The van der Waals surface area contributed by atoms with Gasteiger partial charge in [0, 0.05) is 37.9 Å². The fourth-order valence-electron chi connectivity index (χ4n) is 5.24. The zero-order chi connectivity index (χ0) is 20.4. The Labute approximate surface area is 189 Å². The summed E-state index contributed by atoms with van der Waals surface area (Å²) < 4.78 is 0. The molecular formula is C25H40ClN3O. The molecule has 1 heterocycles. The first-order valence-electron chi connectivity index (χ1n) is 11.8. The molecule has 2 aliphatic carbocycles. The van der Waals surface area contributed by atoms with Gasteiger partial charge in [0.15, 0.2) is 0 Å². The van der Waals surface area contributed by atoms with Crippen LogP contribution in [0, 0.1) is 11.3 Å². The Hall–Kier alpha value is -1.26. The van der Waals surface area contributed by atoms with Crippen molar-refractivity contribution in [3.63, 3.8) is 0 Å². The van der Waals surface area contributed by atoms with E-state index in [4.69, 9.17) is 0 Å². The summed E-state index contributed by atoms with van der Waals surface area (Å²) in [5, 5.41) is 3.12. The van der Waals surface area contributed by atoms with Crippen molar-refractivity contribution in [2.45, 2.75) is 71.3 Å². The van der Waals surface area contributed by atoms with Crippen molar-refractivity contribution in [3.8, 4) is 0 Å². The van der Waals surface area contributed by atoms with Crippen LogP contribution in [0.2, 0.25) is 0 Å². The summed E-state index contributed by atoms with van der Waals surface area (Å²) in [4.78, 5) is 17.0. The summed E-state index contributed by atoms with van der Waals surface area (Å²) in [5.41, 5.74) is 3.43. The lowest BCUT2D eigenvalue weighted by Crippen LogP contribution is -2.50. The Bertz CT molecular complexity index is 697. The molecule has 1 N–H and O–H groups in total. The van der Waals surface area contributed by atoms with Gasteiger partial charge in [-0.2, -0.15) is 0 Å². The average molecular weight is 434 g/mol. The molecule has 30 heavy (non-hydrogen) atoms. The first-order chi connectivity index (χ1) is 13.9. The third-order valence-corrected chi connectivity index (χ3v) is 7.35. The van der Waals surface area contributed by atoms with Crippen LogP contribution in [0.4, 0.5) is 5.69 Å². The van der Waals surface area contributed by atoms with Gasteiger partial charge in [-0.05, 0) is 67.4 Å². The van der Waals surface area contributed by atoms with Gasteiger partial charge in [-0.25, -0.2) is 0 Å². The molecule has 1 aliphatic heterocycles. The highest BCUT2D eigenvalue weighted by Crippen LogP contribution is 2.45. The number of piperazine rings is 1. The predicted octanol–water partition coefficient (Wildman–Crippen LogP) is 4.83. The molecular weight excluding hydrogens is 394 g/mol. The van der Waals surface area contributed by atoms with Crippen molar-refractivity contribution < 1.29 is 4.79 Å². The van der Waals surface area contributed by atoms with Crippen LogP contribution in [0.1, 0.15) is 70.8 Å². The van der Waals surface area contributed by atoms with Gasteiger partial charge < -0.3 is 10.2 Å². The third-order valence-electron chi connectivity index (χ3n) is 7.35. The largest absolute Gasteiger partial charge is 0.369 e. The molecule has 0 atom stereocenters. The van der Waals surface area contributed by atoms with Gasteiger partial charge in [0.25, 0.3) is 0 Å². The SMILES string of the molecule is CC(C)(C)C1CCC(c2ccccc2N2CCN(CC(=O)NC3CC3)CC2)CC1.Cl. The lowest BCUT2D eigenvalue weighted by Gasteiger charge is -2.40. The fraction of sp³-hybridized carbons (Fsp3) is 0.720. The maximum Gasteiger partial charge on any atom is 0.234 e. The van der Waals surface area contributed by atoms with E-state index >= 15 is 0 Å². The molecule has 0 bridgehead atoms. The second-order valence-corrected chi connectivity index (χ2v) is 10.6. The monoisotopic (exact) mass is 433 g/mol. The number of rotatable bonds is 5. The Kier molecular flexibility index (Phi) is 7.73. The Morgan fingerprint density at radius 3 is 2.20 bits per heavy atom. The van der Waals surface area contributed by atoms with Crippen LogP contribution in [0.3, 0.4) is 0 Å². The fourth-order valence-corrected chi connectivity index (χ4v) is 5.24. The number of hydrogen-bond donors (Lipinski definition) is 1. The third kappa shape index (κ3) is 5.91. The molecule has 0 spiro atoms. The van der Waals surface area contributed by atoms with E-state index in [-0.39, 0.29) is 18.3 Å². The molecule has 1 amide bonds. The zero-order valence-corrected chi connectivity index (χ0v) is 19.8. The molecule has 168 valence electrons. The Balaban J connectivity index is 0.00000256. The van der Waals surface area contributed by atoms with Crippen molar-refractivity contribution in [1.82, 2.24) is 10.2 Å². The number of hydrogen-bond acceptors (Lipinski definition) is 3. The average Bonchev–Trinajstić information content (AvgIpc) is 3.52. The molecule has 2 saturated carbocycles. The van der Waals surface area contributed by atoms with Crippen LogP contribution >= 0.6 is 12.4 Å². The maximum atomic E-state index is 12.1. The van der Waals surface area contributed by atoms with Gasteiger partial charge in [0.2, 0.25) is 5.91 Å². The van der Waals surface area contributed by atoms with Crippen LogP contribution in [0.15, 0.2) is 24.3 Å². The minimum atomic E-state index is 0. The summed E-state index contributed by atoms with van der Waals surface area (Å²) in [6.07, 6.45) is 7.67. The normalized spacial score (nSPS) is 25.5. The predicted molar refractivity (Wildman–Crippen MR) is 128 cm³/mol. The number of anilines is 1. The van der Waals surface area contributed by atoms with E-state index in [0.717, 1.165) is 44.9 Å². The van der Waals surface area contributed by atoms with Gasteiger partial charge in [0.05, 0.1) is 6.54 Å². The van der Waals surface area contributed by atoms with Crippen molar-refractivity contribution in [3.05, 3.63) is 29.8 Å². The van der Waals surface area contributed by atoms with Gasteiger partial charge in [-0.15, -0.1) is 12.4 Å². The van der Waals surface area contributed by atoms with Gasteiger partial charge in [0.1, 0.15) is 0 Å². The van der Waals surface area contributed by atoms with E-state index in [1.165, 1.54) is 31.4 Å². The molecule has 3 aliphatic rings. The molecule has 1 aromatic carbocycles. The van der Waals surface area contributed by atoms with Crippen molar-refractivity contribution in [2.75, 3.05) is 37.6 Å². The summed E-state index contributed by atoms with van der Waals surface area (Å²) in [5.74, 6) is 1.76. The molecule has 3 fully saturated rings. The molecule has 1 aromatic rings. The highest BCUT2D eigenvalue weighted by Gasteiger charge is 2.32. The van der Waals surface area contributed by atoms with Gasteiger partial charge >= 0.3 is 0 Å². The molecule has 4 rings (SSSR count). The summed E-state index contributed by atoms with van der Waals surface area (Å²) in [6, 6.07) is 9.56. The lowest BCUT2D eigenvalue weighted by atomic mass is 9.68. The van der Waals surface area contributed by atoms with Crippen LogP contribution in [0.25, 0.3) is 0 Å². The number of halogens is 1. The lowest BCUT2D eigenvalue weighted by molar-refractivity contribution is -0.122. The zero-order valence-electron chi connectivity index (χ0n) is 19.0.